The van der Waals surface area contributed by atoms with E-state index in [0.29, 0.717) is 12.1 Å². The Morgan fingerprint density at radius 3 is 1.60 bits per heavy atom. The number of hydrogen-bond donors (Lipinski definition) is 0. The third kappa shape index (κ3) is 2.89. The maximum Gasteiger partial charge on any atom is 0.389 e. The quantitative estimate of drug-likeness (QED) is 0.515. The Balaban J connectivity index is 3.68. The van der Waals surface area contributed by atoms with E-state index >= 15 is 0 Å². The minimum absolute atomic E-state index is 0.545. The SMILES string of the molecule is N#CC(C#N)(CCC(F)(F)F)C1=CC(F)(F)C(F)(F)C(F)(F)C1(F)F. The van der Waals surface area contributed by atoms with Crippen LogP contribution in [0.2, 0.25) is 0 Å². The standard InChI is InChI=1S/C12H5F11N2/c13-8(14)3-6(10(18,19)12(22,23)11(8,20)21)7(4-24,5-25)1-2-9(15,16)17/h3H,1-2H2. The topological polar surface area (TPSA) is 47.6 Å². The first-order valence-corrected chi connectivity index (χ1v) is 6.06. The average Bonchev–Trinajstić information content (AvgIpc) is 2.44. The lowest BCUT2D eigenvalue weighted by atomic mass is 9.70. The summed E-state index contributed by atoms with van der Waals surface area (Å²) >= 11 is 0. The monoisotopic (exact) mass is 386 g/mol. The molecule has 0 aromatic rings. The molecule has 25 heavy (non-hydrogen) atoms. The number of nitriles is 2. The molecule has 0 spiro atoms. The summed E-state index contributed by atoms with van der Waals surface area (Å²) < 4.78 is 143. The van der Waals surface area contributed by atoms with Crippen molar-refractivity contribution in [2.45, 2.75) is 42.7 Å². The van der Waals surface area contributed by atoms with Gasteiger partial charge in [-0.15, -0.1) is 0 Å². The number of alkyl halides is 11. The highest BCUT2D eigenvalue weighted by Crippen LogP contribution is 2.62. The van der Waals surface area contributed by atoms with Crippen LogP contribution in [-0.4, -0.2) is 29.9 Å². The lowest BCUT2D eigenvalue weighted by molar-refractivity contribution is -0.357. The third-order valence-corrected chi connectivity index (χ3v) is 3.50. The number of hydrogen-bond acceptors (Lipinski definition) is 2. The molecule has 0 saturated heterocycles. The second kappa shape index (κ2) is 5.47. The molecule has 0 amide bonds. The molecule has 1 rings (SSSR count). The van der Waals surface area contributed by atoms with E-state index in [4.69, 9.17) is 10.5 Å². The van der Waals surface area contributed by atoms with Crippen molar-refractivity contribution in [1.82, 2.24) is 0 Å². The predicted octanol–water partition coefficient (Wildman–Crippen LogP) is 4.84. The van der Waals surface area contributed by atoms with Crippen molar-refractivity contribution in [2.75, 3.05) is 0 Å². The van der Waals surface area contributed by atoms with Crippen LogP contribution >= 0.6 is 0 Å². The van der Waals surface area contributed by atoms with Crippen molar-refractivity contribution in [3.8, 4) is 12.1 Å². The Hall–Kier alpha value is -2.05. The molecule has 0 unspecified atom stereocenters. The van der Waals surface area contributed by atoms with Crippen LogP contribution in [0.4, 0.5) is 48.3 Å². The Morgan fingerprint density at radius 1 is 0.800 bits per heavy atom. The Kier molecular flexibility index (Phi) is 4.60. The summed E-state index contributed by atoms with van der Waals surface area (Å²) in [4.78, 5) is 0. The van der Waals surface area contributed by atoms with Gasteiger partial charge < -0.3 is 0 Å². The zero-order chi connectivity index (χ0) is 20.1. The third-order valence-electron chi connectivity index (χ3n) is 3.50. The molecule has 0 aliphatic heterocycles. The van der Waals surface area contributed by atoms with Crippen LogP contribution in [0.15, 0.2) is 11.6 Å². The first kappa shape index (κ1) is 21.0. The van der Waals surface area contributed by atoms with Gasteiger partial charge in [0.1, 0.15) is 0 Å². The zero-order valence-electron chi connectivity index (χ0n) is 11.5. The summed E-state index contributed by atoms with van der Waals surface area (Å²) in [7, 11) is 0. The fourth-order valence-electron chi connectivity index (χ4n) is 2.05. The molecule has 0 N–H and O–H groups in total. The summed E-state index contributed by atoms with van der Waals surface area (Å²) in [5.41, 5.74) is -6.61. The molecule has 0 aromatic heterocycles. The largest absolute Gasteiger partial charge is 0.389 e. The second-order valence-corrected chi connectivity index (χ2v) is 5.15. The normalized spacial score (nSPS) is 24.0. The van der Waals surface area contributed by atoms with Crippen LogP contribution in [0.1, 0.15) is 12.8 Å². The Morgan fingerprint density at radius 2 is 1.24 bits per heavy atom. The van der Waals surface area contributed by atoms with Gasteiger partial charge in [-0.25, -0.2) is 0 Å². The number of halogens is 11. The van der Waals surface area contributed by atoms with Crippen LogP contribution in [0.25, 0.3) is 0 Å². The van der Waals surface area contributed by atoms with E-state index in [0.717, 1.165) is 0 Å². The molecule has 13 heteroatoms. The average molecular weight is 386 g/mol. The van der Waals surface area contributed by atoms with E-state index < -0.39 is 59.8 Å². The molecular formula is C12H5F11N2. The molecule has 0 bridgehead atoms. The molecule has 0 saturated carbocycles. The summed E-state index contributed by atoms with van der Waals surface area (Å²) in [5.74, 6) is -25.5. The minimum atomic E-state index is -6.76. The lowest BCUT2D eigenvalue weighted by Gasteiger charge is -2.43. The van der Waals surface area contributed by atoms with Crippen LogP contribution in [0.5, 0.6) is 0 Å². The van der Waals surface area contributed by atoms with Gasteiger partial charge in [0.05, 0.1) is 12.1 Å². The van der Waals surface area contributed by atoms with E-state index in [9.17, 15) is 48.3 Å². The highest BCUT2D eigenvalue weighted by atomic mass is 19.4. The van der Waals surface area contributed by atoms with E-state index in [1.54, 1.807) is 0 Å². The molecule has 1 aliphatic carbocycles. The first-order valence-electron chi connectivity index (χ1n) is 6.06. The number of nitrogens with zero attached hydrogens (tertiary/aromatic N) is 2. The van der Waals surface area contributed by atoms with Crippen molar-refractivity contribution in [1.29, 1.82) is 10.5 Å². The lowest BCUT2D eigenvalue weighted by Crippen LogP contribution is -2.66. The fourth-order valence-corrected chi connectivity index (χ4v) is 2.05. The first-order chi connectivity index (χ1) is 10.9. The smallest absolute Gasteiger partial charge is 0.196 e. The van der Waals surface area contributed by atoms with Gasteiger partial charge in [0, 0.05) is 12.0 Å². The van der Waals surface area contributed by atoms with Crippen molar-refractivity contribution >= 4 is 0 Å². The van der Waals surface area contributed by atoms with Gasteiger partial charge in [-0.05, 0) is 12.5 Å². The molecule has 0 atom stereocenters. The van der Waals surface area contributed by atoms with Gasteiger partial charge in [0.2, 0.25) is 0 Å². The molecule has 0 radical (unpaired) electrons. The van der Waals surface area contributed by atoms with Gasteiger partial charge in [0.25, 0.3) is 0 Å². The molecule has 140 valence electrons. The summed E-state index contributed by atoms with van der Waals surface area (Å²) in [6, 6.07) is 1.09. The van der Waals surface area contributed by atoms with Gasteiger partial charge in [-0.3, -0.25) is 0 Å². The highest BCUT2D eigenvalue weighted by Gasteiger charge is 2.85. The van der Waals surface area contributed by atoms with Gasteiger partial charge in [0.15, 0.2) is 5.41 Å². The van der Waals surface area contributed by atoms with Crippen molar-refractivity contribution in [2.24, 2.45) is 5.41 Å². The minimum Gasteiger partial charge on any atom is -0.196 e. The van der Waals surface area contributed by atoms with E-state index in [-0.39, 0.29) is 0 Å². The Labute approximate surface area is 132 Å². The summed E-state index contributed by atoms with van der Waals surface area (Å²) in [6.45, 7) is 0. The number of rotatable bonds is 3. The van der Waals surface area contributed by atoms with Gasteiger partial charge in [-0.2, -0.15) is 58.8 Å². The van der Waals surface area contributed by atoms with E-state index in [2.05, 4.69) is 0 Å². The molecule has 0 fully saturated rings. The van der Waals surface area contributed by atoms with Crippen LogP contribution in [-0.2, 0) is 0 Å². The highest BCUT2D eigenvalue weighted by molar-refractivity contribution is 5.44. The van der Waals surface area contributed by atoms with Crippen LogP contribution in [0.3, 0.4) is 0 Å². The van der Waals surface area contributed by atoms with E-state index in [1.807, 2.05) is 0 Å². The van der Waals surface area contributed by atoms with E-state index in [1.165, 1.54) is 0 Å². The maximum absolute atomic E-state index is 13.8. The van der Waals surface area contributed by atoms with Crippen LogP contribution < -0.4 is 0 Å². The predicted molar refractivity (Wildman–Crippen MR) is 56.8 cm³/mol. The molecule has 2 nitrogen and oxygen atoms in total. The van der Waals surface area contributed by atoms with Crippen molar-refractivity contribution < 1.29 is 48.3 Å². The van der Waals surface area contributed by atoms with Crippen molar-refractivity contribution in [3.63, 3.8) is 0 Å². The van der Waals surface area contributed by atoms with Crippen LogP contribution in [0, 0.1) is 28.1 Å². The summed E-state index contributed by atoms with van der Waals surface area (Å²) in [5, 5.41) is 17.5. The zero-order valence-corrected chi connectivity index (χ0v) is 11.5. The molecule has 1 aliphatic rings. The maximum atomic E-state index is 13.8. The molecule has 0 aromatic carbocycles. The summed E-state index contributed by atoms with van der Waals surface area (Å²) in [6.07, 6.45) is -10.7. The molecule has 0 heterocycles. The van der Waals surface area contributed by atoms with Gasteiger partial charge in [-0.1, -0.05) is 0 Å². The molecular weight excluding hydrogens is 381 g/mol. The van der Waals surface area contributed by atoms with Crippen molar-refractivity contribution in [3.05, 3.63) is 11.6 Å². The fraction of sp³-hybridized carbons (Fsp3) is 0.667. The Bertz CT molecular complexity index is 646. The van der Waals surface area contributed by atoms with Gasteiger partial charge >= 0.3 is 29.9 Å². The second-order valence-electron chi connectivity index (χ2n) is 5.15. The number of allylic oxidation sites excluding steroid dienone is 2.